The van der Waals surface area contributed by atoms with Crippen molar-refractivity contribution >= 4 is 29.0 Å². The smallest absolute Gasteiger partial charge is 0.358 e. The Labute approximate surface area is 194 Å². The molecule has 0 radical (unpaired) electrons. The molecule has 0 fully saturated rings. The highest BCUT2D eigenvalue weighted by atomic mass is 16.5. The Morgan fingerprint density at radius 3 is 2.44 bits per heavy atom. The number of aromatic nitrogens is 2. The van der Waals surface area contributed by atoms with Crippen LogP contribution in [-0.4, -0.2) is 48.3 Å². The highest BCUT2D eigenvalue weighted by Gasteiger charge is 2.34. The summed E-state index contributed by atoms with van der Waals surface area (Å²) in [6.45, 7) is 1.43. The van der Waals surface area contributed by atoms with Crippen LogP contribution in [0.4, 0.5) is 4.79 Å². The van der Waals surface area contributed by atoms with Crippen molar-refractivity contribution in [3.8, 4) is 5.75 Å². The molecule has 1 aliphatic rings. The Balaban J connectivity index is 1.62. The van der Waals surface area contributed by atoms with Crippen LogP contribution < -0.4 is 15.4 Å². The summed E-state index contributed by atoms with van der Waals surface area (Å²) in [5.41, 5.74) is 2.05. The van der Waals surface area contributed by atoms with Crippen molar-refractivity contribution < 1.29 is 28.6 Å². The number of carbonyl (C=O) groups is 3. The summed E-state index contributed by atoms with van der Waals surface area (Å²) < 4.78 is 15.8. The van der Waals surface area contributed by atoms with E-state index in [1.54, 1.807) is 49.4 Å². The molecule has 1 aromatic heterocycles. The van der Waals surface area contributed by atoms with Gasteiger partial charge in [-0.25, -0.2) is 19.4 Å². The van der Waals surface area contributed by atoms with Gasteiger partial charge in [0.15, 0.2) is 5.69 Å². The van der Waals surface area contributed by atoms with Crippen molar-refractivity contribution in [1.82, 2.24) is 20.6 Å². The maximum absolute atomic E-state index is 12.8. The molecule has 10 heteroatoms. The van der Waals surface area contributed by atoms with Crippen molar-refractivity contribution in [3.63, 3.8) is 0 Å². The van der Waals surface area contributed by atoms with Crippen LogP contribution in [-0.2, 0) is 14.3 Å². The molecule has 1 atom stereocenters. The van der Waals surface area contributed by atoms with Crippen LogP contribution in [0.25, 0.3) is 11.0 Å². The van der Waals surface area contributed by atoms with Crippen LogP contribution in [0.15, 0.2) is 66.0 Å². The predicted octanol–water partition coefficient (Wildman–Crippen LogP) is 2.67. The number of nitrogens with one attached hydrogen (secondary N) is 2. The summed E-state index contributed by atoms with van der Waals surface area (Å²) in [6, 6.07) is 12.6. The van der Waals surface area contributed by atoms with Gasteiger partial charge in [-0.2, -0.15) is 0 Å². The number of ether oxygens (including phenoxy) is 3. The van der Waals surface area contributed by atoms with E-state index in [1.165, 1.54) is 13.3 Å². The van der Waals surface area contributed by atoms with Crippen LogP contribution in [0, 0.1) is 0 Å². The number of urea groups is 1. The van der Waals surface area contributed by atoms with E-state index in [2.05, 4.69) is 20.6 Å². The predicted molar refractivity (Wildman–Crippen MR) is 121 cm³/mol. The van der Waals surface area contributed by atoms with E-state index in [0.29, 0.717) is 22.3 Å². The lowest BCUT2D eigenvalue weighted by Gasteiger charge is -2.29. The Morgan fingerprint density at radius 2 is 1.74 bits per heavy atom. The number of para-hydroxylation sites is 2. The second-order valence-corrected chi connectivity index (χ2v) is 7.24. The molecule has 174 valence electrons. The van der Waals surface area contributed by atoms with E-state index in [-0.39, 0.29) is 30.2 Å². The number of amides is 2. The van der Waals surface area contributed by atoms with Crippen molar-refractivity contribution in [2.75, 3.05) is 20.3 Å². The van der Waals surface area contributed by atoms with Gasteiger partial charge in [0.2, 0.25) is 0 Å². The molecule has 0 saturated heterocycles. The van der Waals surface area contributed by atoms with Crippen LogP contribution in [0.3, 0.4) is 0 Å². The molecule has 2 N–H and O–H groups in total. The summed E-state index contributed by atoms with van der Waals surface area (Å²) in [5.74, 6) is -0.772. The zero-order valence-electron chi connectivity index (χ0n) is 18.5. The van der Waals surface area contributed by atoms with Crippen LogP contribution >= 0.6 is 0 Å². The first-order chi connectivity index (χ1) is 16.5. The maximum atomic E-state index is 12.8. The van der Waals surface area contributed by atoms with Crippen molar-refractivity contribution in [2.24, 2.45) is 0 Å². The van der Waals surface area contributed by atoms with Crippen molar-refractivity contribution in [2.45, 2.75) is 13.0 Å². The number of hydrogen-bond acceptors (Lipinski definition) is 8. The molecule has 2 amide bonds. The number of benzene rings is 2. The van der Waals surface area contributed by atoms with Crippen molar-refractivity contribution in [1.29, 1.82) is 0 Å². The fourth-order valence-corrected chi connectivity index (χ4v) is 3.50. The van der Waals surface area contributed by atoms with E-state index in [9.17, 15) is 14.4 Å². The minimum atomic E-state index is -0.812. The van der Waals surface area contributed by atoms with Gasteiger partial charge in [0.1, 0.15) is 12.4 Å². The van der Waals surface area contributed by atoms with Gasteiger partial charge >= 0.3 is 18.0 Å². The first kappa shape index (κ1) is 22.7. The number of esters is 2. The Morgan fingerprint density at radius 1 is 1.00 bits per heavy atom. The fourth-order valence-electron chi connectivity index (χ4n) is 3.50. The van der Waals surface area contributed by atoms with Gasteiger partial charge < -0.3 is 24.8 Å². The zero-order valence-corrected chi connectivity index (χ0v) is 18.5. The number of nitrogens with zero attached hydrogens (tertiary/aromatic N) is 2. The number of rotatable bonds is 7. The standard InChI is InChI=1S/C24H22N4O6/c1-3-33-23(30)20-19(27-24(31)28-21(20)14-8-10-15(32-2)11-9-14)13-34-22(29)18-12-25-16-6-4-5-7-17(16)26-18/h4-12,21H,3,13H2,1-2H3,(H2,27,28,31)/t21-/m1/s1. The number of carbonyl (C=O) groups excluding carboxylic acids is 3. The maximum Gasteiger partial charge on any atom is 0.358 e. The molecular formula is C24H22N4O6. The average molecular weight is 462 g/mol. The van der Waals surface area contributed by atoms with Gasteiger partial charge in [0, 0.05) is 0 Å². The van der Waals surface area contributed by atoms with Crippen molar-refractivity contribution in [3.05, 3.63) is 77.3 Å². The first-order valence-electron chi connectivity index (χ1n) is 10.5. The molecule has 4 rings (SSSR count). The molecule has 10 nitrogen and oxygen atoms in total. The van der Waals surface area contributed by atoms with Crippen LogP contribution in [0.1, 0.15) is 29.0 Å². The number of fused-ring (bicyclic) bond motifs is 1. The lowest BCUT2D eigenvalue weighted by molar-refractivity contribution is -0.139. The lowest BCUT2D eigenvalue weighted by Crippen LogP contribution is -2.47. The summed E-state index contributed by atoms with van der Waals surface area (Å²) in [6.07, 6.45) is 1.31. The lowest BCUT2D eigenvalue weighted by atomic mass is 9.95. The minimum absolute atomic E-state index is 0.00366. The number of methoxy groups -OCH3 is 1. The first-order valence-corrected chi connectivity index (χ1v) is 10.5. The summed E-state index contributed by atoms with van der Waals surface area (Å²) in [5, 5.41) is 5.27. The van der Waals surface area contributed by atoms with Gasteiger partial charge in [0.25, 0.3) is 0 Å². The summed E-state index contributed by atoms with van der Waals surface area (Å²) >= 11 is 0. The van der Waals surface area contributed by atoms with Gasteiger partial charge in [-0.3, -0.25) is 4.98 Å². The molecule has 34 heavy (non-hydrogen) atoms. The zero-order chi connectivity index (χ0) is 24.1. The SMILES string of the molecule is CCOC(=O)C1=C(COC(=O)c2cnc3ccccc3n2)NC(=O)N[C@@H]1c1ccc(OC)cc1. The monoisotopic (exact) mass is 462 g/mol. The molecule has 0 spiro atoms. The summed E-state index contributed by atoms with van der Waals surface area (Å²) in [4.78, 5) is 46.3. The molecule has 0 unspecified atom stereocenters. The van der Waals surface area contributed by atoms with E-state index in [1.807, 2.05) is 6.07 Å². The molecule has 2 heterocycles. The number of hydrogen-bond donors (Lipinski definition) is 2. The molecule has 0 saturated carbocycles. The Bertz CT molecular complexity index is 1270. The Kier molecular flexibility index (Phi) is 6.67. The highest BCUT2D eigenvalue weighted by molar-refractivity contribution is 5.95. The van der Waals surface area contributed by atoms with Gasteiger partial charge in [-0.1, -0.05) is 24.3 Å². The van der Waals surface area contributed by atoms with E-state index in [4.69, 9.17) is 14.2 Å². The van der Waals surface area contributed by atoms with Crippen LogP contribution in [0.5, 0.6) is 5.75 Å². The highest BCUT2D eigenvalue weighted by Crippen LogP contribution is 2.29. The second-order valence-electron chi connectivity index (χ2n) is 7.24. The molecule has 3 aromatic rings. The third kappa shape index (κ3) is 4.80. The topological polar surface area (TPSA) is 129 Å². The summed E-state index contributed by atoms with van der Waals surface area (Å²) in [7, 11) is 1.54. The second kappa shape index (κ2) is 9.99. The molecule has 0 aliphatic carbocycles. The molecule has 1 aliphatic heterocycles. The molecular weight excluding hydrogens is 440 g/mol. The third-order valence-electron chi connectivity index (χ3n) is 5.10. The Hall–Kier alpha value is -4.47. The largest absolute Gasteiger partial charge is 0.497 e. The van der Waals surface area contributed by atoms with E-state index >= 15 is 0 Å². The van der Waals surface area contributed by atoms with E-state index < -0.39 is 24.0 Å². The fraction of sp³-hybridized carbons (Fsp3) is 0.208. The van der Waals surface area contributed by atoms with Gasteiger partial charge in [-0.05, 0) is 36.8 Å². The van der Waals surface area contributed by atoms with Crippen LogP contribution in [0.2, 0.25) is 0 Å². The molecule has 2 aromatic carbocycles. The quantitative estimate of drug-likeness (QED) is 0.513. The third-order valence-corrected chi connectivity index (χ3v) is 5.10. The normalized spacial score (nSPS) is 15.4. The average Bonchev–Trinajstić information content (AvgIpc) is 2.86. The van der Waals surface area contributed by atoms with E-state index in [0.717, 1.165) is 0 Å². The minimum Gasteiger partial charge on any atom is -0.497 e. The van der Waals surface area contributed by atoms with Gasteiger partial charge in [-0.15, -0.1) is 0 Å². The molecule has 0 bridgehead atoms. The van der Waals surface area contributed by atoms with Gasteiger partial charge in [0.05, 0.1) is 48.3 Å².